The quantitative estimate of drug-likeness (QED) is 0.920. The predicted octanol–water partition coefficient (Wildman–Crippen LogP) is 3.14. The van der Waals surface area contributed by atoms with Gasteiger partial charge in [-0.3, -0.25) is 0 Å². The maximum atomic E-state index is 9.85. The summed E-state index contributed by atoms with van der Waals surface area (Å²) >= 11 is 3.46. The summed E-state index contributed by atoms with van der Waals surface area (Å²) in [6.45, 7) is -0.111. The molecule has 0 saturated carbocycles. The number of rotatable bonds is 2. The Bertz CT molecular complexity index is 694. The van der Waals surface area contributed by atoms with Gasteiger partial charge in [0.2, 0.25) is 0 Å². The van der Waals surface area contributed by atoms with Crippen LogP contribution in [0.4, 0.5) is 0 Å². The Balaban J connectivity index is 2.09. The van der Waals surface area contributed by atoms with Crippen molar-refractivity contribution in [2.75, 3.05) is 6.61 Å². The lowest BCUT2D eigenvalue weighted by Crippen LogP contribution is -2.35. The molecular weight excluding hydrogens is 318 g/mol. The zero-order valence-corrected chi connectivity index (χ0v) is 12.2. The van der Waals surface area contributed by atoms with Crippen LogP contribution in [0, 0.1) is 11.3 Å². The topological polar surface area (TPSA) is 53.2 Å². The molecule has 4 heteroatoms. The van der Waals surface area contributed by atoms with Gasteiger partial charge in [-0.2, -0.15) is 5.26 Å². The average molecular weight is 330 g/mol. The molecule has 100 valence electrons. The first-order valence-electron chi connectivity index (χ1n) is 6.27. The fourth-order valence-electron chi connectivity index (χ4n) is 2.56. The van der Waals surface area contributed by atoms with Crippen molar-refractivity contribution < 1.29 is 9.84 Å². The van der Waals surface area contributed by atoms with Crippen LogP contribution in [0.5, 0.6) is 5.75 Å². The summed E-state index contributed by atoms with van der Waals surface area (Å²) in [5.74, 6) is 0.716. The van der Waals surface area contributed by atoms with Gasteiger partial charge in [0.15, 0.2) is 5.60 Å². The van der Waals surface area contributed by atoms with Crippen LogP contribution in [0.1, 0.15) is 16.7 Å². The third-order valence-electron chi connectivity index (χ3n) is 3.64. The Morgan fingerprint density at radius 2 is 2.00 bits per heavy atom. The number of benzene rings is 2. The van der Waals surface area contributed by atoms with Crippen molar-refractivity contribution in [3.05, 3.63) is 63.6 Å². The van der Waals surface area contributed by atoms with E-state index in [1.807, 2.05) is 30.3 Å². The van der Waals surface area contributed by atoms with Gasteiger partial charge in [-0.25, -0.2) is 0 Å². The Labute approximate surface area is 125 Å². The van der Waals surface area contributed by atoms with Gasteiger partial charge in [-0.1, -0.05) is 30.3 Å². The molecule has 0 fully saturated rings. The highest BCUT2D eigenvalue weighted by molar-refractivity contribution is 9.10. The van der Waals surface area contributed by atoms with Crippen LogP contribution in [0.25, 0.3) is 0 Å². The van der Waals surface area contributed by atoms with Crippen LogP contribution in [0.15, 0.2) is 46.9 Å². The number of fused-ring (bicyclic) bond motifs is 1. The Morgan fingerprint density at radius 1 is 1.25 bits per heavy atom. The van der Waals surface area contributed by atoms with E-state index in [4.69, 9.17) is 10.00 Å². The molecule has 2 aromatic carbocycles. The highest BCUT2D eigenvalue weighted by atomic mass is 79.9. The van der Waals surface area contributed by atoms with Crippen molar-refractivity contribution in [1.82, 2.24) is 0 Å². The summed E-state index contributed by atoms with van der Waals surface area (Å²) in [6.07, 6.45) is 0.541. The second kappa shape index (κ2) is 4.93. The monoisotopic (exact) mass is 329 g/mol. The minimum Gasteiger partial charge on any atom is -0.479 e. The Morgan fingerprint density at radius 3 is 2.65 bits per heavy atom. The number of ether oxygens (including phenoxy) is 1. The zero-order chi connectivity index (χ0) is 14.2. The van der Waals surface area contributed by atoms with Crippen molar-refractivity contribution in [2.24, 2.45) is 0 Å². The summed E-state index contributed by atoms with van der Waals surface area (Å²) in [6, 6.07) is 15.3. The number of nitriles is 1. The first-order valence-corrected chi connectivity index (χ1v) is 7.06. The van der Waals surface area contributed by atoms with Crippen molar-refractivity contribution in [3.8, 4) is 11.8 Å². The second-order valence-corrected chi connectivity index (χ2v) is 5.61. The fraction of sp³-hybridized carbons (Fsp3) is 0.188. The van der Waals surface area contributed by atoms with Gasteiger partial charge in [-0.05, 0) is 33.6 Å². The number of aliphatic hydroxyl groups excluding tert-OH is 1. The fourth-order valence-corrected chi connectivity index (χ4v) is 3.12. The number of hydrogen-bond acceptors (Lipinski definition) is 3. The molecule has 1 aliphatic heterocycles. The van der Waals surface area contributed by atoms with E-state index in [9.17, 15) is 5.11 Å². The summed E-state index contributed by atoms with van der Waals surface area (Å²) in [7, 11) is 0. The van der Waals surface area contributed by atoms with Crippen LogP contribution in [-0.2, 0) is 12.0 Å². The van der Waals surface area contributed by atoms with Crippen LogP contribution >= 0.6 is 15.9 Å². The highest BCUT2D eigenvalue weighted by Gasteiger charge is 2.41. The standard InChI is InChI=1S/C16H12BrNO2/c17-15-11(9-18)6-7-14-13(15)8-16(10-19,20-14)12-4-2-1-3-5-12/h1-7,19H,8,10H2. The van der Waals surface area contributed by atoms with E-state index in [1.165, 1.54) is 0 Å². The van der Waals surface area contributed by atoms with Crippen LogP contribution in [0.3, 0.4) is 0 Å². The largest absolute Gasteiger partial charge is 0.479 e. The van der Waals surface area contributed by atoms with E-state index >= 15 is 0 Å². The number of hydrogen-bond donors (Lipinski definition) is 1. The van der Waals surface area contributed by atoms with Gasteiger partial charge >= 0.3 is 0 Å². The van der Waals surface area contributed by atoms with Gasteiger partial charge in [0.1, 0.15) is 11.8 Å². The maximum Gasteiger partial charge on any atom is 0.161 e. The molecule has 0 saturated heterocycles. The molecule has 0 bridgehead atoms. The van der Waals surface area contributed by atoms with Crippen LogP contribution in [0.2, 0.25) is 0 Å². The van der Waals surface area contributed by atoms with Gasteiger partial charge in [0.25, 0.3) is 0 Å². The van der Waals surface area contributed by atoms with E-state index in [2.05, 4.69) is 22.0 Å². The lowest BCUT2D eigenvalue weighted by molar-refractivity contribution is 0.0247. The molecule has 0 radical (unpaired) electrons. The minimum atomic E-state index is -0.764. The average Bonchev–Trinajstić information content (AvgIpc) is 2.90. The highest BCUT2D eigenvalue weighted by Crippen LogP contribution is 2.45. The molecule has 3 rings (SSSR count). The molecule has 0 aliphatic carbocycles. The van der Waals surface area contributed by atoms with Crippen LogP contribution < -0.4 is 4.74 Å². The molecule has 1 N–H and O–H groups in total. The van der Waals surface area contributed by atoms with E-state index in [0.29, 0.717) is 17.7 Å². The predicted molar refractivity (Wildman–Crippen MR) is 78.4 cm³/mol. The molecule has 0 amide bonds. The third-order valence-corrected chi connectivity index (χ3v) is 4.55. The first kappa shape index (κ1) is 13.2. The SMILES string of the molecule is N#Cc1ccc2c(c1Br)CC(CO)(c1ccccc1)O2. The smallest absolute Gasteiger partial charge is 0.161 e. The number of nitrogens with zero attached hydrogens (tertiary/aromatic N) is 1. The summed E-state index contributed by atoms with van der Waals surface area (Å²) in [4.78, 5) is 0. The summed E-state index contributed by atoms with van der Waals surface area (Å²) in [5, 5.41) is 18.9. The van der Waals surface area contributed by atoms with E-state index in [0.717, 1.165) is 15.6 Å². The van der Waals surface area contributed by atoms with Gasteiger partial charge in [0.05, 0.1) is 12.2 Å². The number of halogens is 1. The zero-order valence-electron chi connectivity index (χ0n) is 10.6. The summed E-state index contributed by atoms with van der Waals surface area (Å²) in [5.41, 5.74) is 1.68. The van der Waals surface area contributed by atoms with E-state index < -0.39 is 5.60 Å². The first-order chi connectivity index (χ1) is 9.70. The molecule has 1 unspecified atom stereocenters. The van der Waals surface area contributed by atoms with Crippen molar-refractivity contribution >= 4 is 15.9 Å². The summed E-state index contributed by atoms with van der Waals surface area (Å²) < 4.78 is 6.77. The molecule has 0 aromatic heterocycles. The molecule has 0 spiro atoms. The second-order valence-electron chi connectivity index (χ2n) is 4.81. The molecule has 2 aromatic rings. The Hall–Kier alpha value is -1.83. The maximum absolute atomic E-state index is 9.85. The molecule has 3 nitrogen and oxygen atoms in total. The molecule has 20 heavy (non-hydrogen) atoms. The van der Waals surface area contributed by atoms with E-state index in [1.54, 1.807) is 12.1 Å². The lowest BCUT2D eigenvalue weighted by atomic mass is 9.89. The van der Waals surface area contributed by atoms with Gasteiger partial charge in [-0.15, -0.1) is 0 Å². The normalized spacial score (nSPS) is 20.1. The molecule has 1 heterocycles. The van der Waals surface area contributed by atoms with Gasteiger partial charge in [0, 0.05) is 16.5 Å². The third kappa shape index (κ3) is 1.91. The minimum absolute atomic E-state index is 0.111. The lowest BCUT2D eigenvalue weighted by Gasteiger charge is -2.27. The molecular formula is C16H12BrNO2. The van der Waals surface area contributed by atoms with Crippen molar-refractivity contribution in [1.29, 1.82) is 5.26 Å². The Kier molecular flexibility index (Phi) is 3.25. The van der Waals surface area contributed by atoms with Crippen molar-refractivity contribution in [2.45, 2.75) is 12.0 Å². The molecule has 1 aliphatic rings. The van der Waals surface area contributed by atoms with Crippen molar-refractivity contribution in [3.63, 3.8) is 0 Å². The van der Waals surface area contributed by atoms with E-state index in [-0.39, 0.29) is 6.61 Å². The number of aliphatic hydroxyl groups is 1. The van der Waals surface area contributed by atoms with Gasteiger partial charge < -0.3 is 9.84 Å². The van der Waals surface area contributed by atoms with Crippen LogP contribution in [-0.4, -0.2) is 11.7 Å². The molecule has 1 atom stereocenters.